The van der Waals surface area contributed by atoms with Gasteiger partial charge in [-0.2, -0.15) is 0 Å². The lowest BCUT2D eigenvalue weighted by molar-refractivity contribution is -0.385. The highest BCUT2D eigenvalue weighted by molar-refractivity contribution is 5.99. The highest BCUT2D eigenvalue weighted by atomic mass is 16.6. The molecule has 0 saturated carbocycles. The van der Waals surface area contributed by atoms with E-state index in [2.05, 4.69) is 27.2 Å². The van der Waals surface area contributed by atoms with Gasteiger partial charge in [0.15, 0.2) is 5.78 Å². The van der Waals surface area contributed by atoms with E-state index in [0.29, 0.717) is 17.2 Å². The number of ketones is 1. The number of benzene rings is 2. The van der Waals surface area contributed by atoms with Gasteiger partial charge in [0.2, 0.25) is 0 Å². The fourth-order valence-electron chi connectivity index (χ4n) is 3.11. The predicted octanol–water partition coefficient (Wildman–Crippen LogP) is 4.69. The number of anilines is 3. The topological polar surface area (TPSA) is 119 Å². The summed E-state index contributed by atoms with van der Waals surface area (Å²) in [6.45, 7) is 5.10. The molecule has 0 fully saturated rings. The number of Topliss-reactive ketones (excluding diaryl/α,β-unsaturated/α-hetero) is 1. The molecule has 0 aliphatic carbocycles. The third-order valence-corrected chi connectivity index (χ3v) is 4.66. The Hall–Kier alpha value is -4.27. The molecule has 31 heavy (non-hydrogen) atoms. The third kappa shape index (κ3) is 4.50. The van der Waals surface area contributed by atoms with Gasteiger partial charge in [0.25, 0.3) is 5.69 Å². The molecular formula is C22H21N5O4. The fourth-order valence-corrected chi connectivity index (χ4v) is 3.11. The van der Waals surface area contributed by atoms with Crippen molar-refractivity contribution in [1.82, 2.24) is 9.97 Å². The van der Waals surface area contributed by atoms with Gasteiger partial charge in [0.05, 0.1) is 29.0 Å². The van der Waals surface area contributed by atoms with E-state index in [1.165, 1.54) is 32.5 Å². The molecule has 3 aromatic rings. The van der Waals surface area contributed by atoms with Gasteiger partial charge in [-0.05, 0) is 30.7 Å². The molecule has 0 amide bonds. The Balaban J connectivity index is 2.01. The molecule has 0 saturated heterocycles. The Morgan fingerprint density at radius 2 is 1.97 bits per heavy atom. The van der Waals surface area contributed by atoms with Gasteiger partial charge in [-0.15, -0.1) is 0 Å². The number of carbonyl (C=O) groups is 1. The summed E-state index contributed by atoms with van der Waals surface area (Å²) in [7, 11) is 3.25. The quantitative estimate of drug-likeness (QED) is 0.306. The van der Waals surface area contributed by atoms with Crippen molar-refractivity contribution in [1.29, 1.82) is 0 Å². The molecule has 2 N–H and O–H groups in total. The molecule has 158 valence electrons. The zero-order valence-corrected chi connectivity index (χ0v) is 17.3. The van der Waals surface area contributed by atoms with Crippen molar-refractivity contribution in [2.24, 2.45) is 0 Å². The average Bonchev–Trinajstić information content (AvgIpc) is 2.78. The summed E-state index contributed by atoms with van der Waals surface area (Å²) in [6.07, 6.45) is 3.14. The maximum absolute atomic E-state index is 11.8. The molecule has 0 bridgehead atoms. The summed E-state index contributed by atoms with van der Waals surface area (Å²) in [4.78, 5) is 31.1. The molecule has 2 aromatic carbocycles. The SMILES string of the molecule is C=Cc1cc(-c2cc(Nc3cc([N+](=O)[O-])c(C(C)=O)cc3OC)ncn2)ccc1NC. The second-order valence-corrected chi connectivity index (χ2v) is 6.55. The average molecular weight is 419 g/mol. The summed E-state index contributed by atoms with van der Waals surface area (Å²) in [6, 6.07) is 10.1. The third-order valence-electron chi connectivity index (χ3n) is 4.66. The van der Waals surface area contributed by atoms with Crippen molar-refractivity contribution >= 4 is 34.7 Å². The lowest BCUT2D eigenvalue weighted by Gasteiger charge is -2.13. The zero-order chi connectivity index (χ0) is 22.5. The number of ether oxygens (including phenoxy) is 1. The summed E-state index contributed by atoms with van der Waals surface area (Å²) in [5.74, 6) is 0.262. The molecule has 0 unspecified atom stereocenters. The minimum absolute atomic E-state index is 0.0302. The largest absolute Gasteiger partial charge is 0.495 e. The van der Waals surface area contributed by atoms with Gasteiger partial charge in [-0.3, -0.25) is 14.9 Å². The van der Waals surface area contributed by atoms with Crippen molar-refractivity contribution < 1.29 is 14.5 Å². The van der Waals surface area contributed by atoms with Crippen molar-refractivity contribution in [3.05, 3.63) is 70.5 Å². The van der Waals surface area contributed by atoms with Gasteiger partial charge < -0.3 is 15.4 Å². The van der Waals surface area contributed by atoms with E-state index in [1.54, 1.807) is 12.1 Å². The second-order valence-electron chi connectivity index (χ2n) is 6.55. The van der Waals surface area contributed by atoms with E-state index in [1.807, 2.05) is 25.2 Å². The second kappa shape index (κ2) is 9.04. The first-order valence-electron chi connectivity index (χ1n) is 9.29. The van der Waals surface area contributed by atoms with E-state index in [4.69, 9.17) is 4.74 Å². The summed E-state index contributed by atoms with van der Waals surface area (Å²) >= 11 is 0. The van der Waals surface area contributed by atoms with Crippen LogP contribution in [0.3, 0.4) is 0 Å². The molecule has 1 aromatic heterocycles. The smallest absolute Gasteiger partial charge is 0.282 e. The van der Waals surface area contributed by atoms with Crippen LogP contribution in [0.25, 0.3) is 17.3 Å². The first-order chi connectivity index (χ1) is 14.9. The molecule has 9 nitrogen and oxygen atoms in total. The lowest BCUT2D eigenvalue weighted by Crippen LogP contribution is -2.04. The van der Waals surface area contributed by atoms with E-state index in [9.17, 15) is 14.9 Å². The number of hydrogen-bond donors (Lipinski definition) is 2. The van der Waals surface area contributed by atoms with Gasteiger partial charge in [0.1, 0.15) is 17.9 Å². The van der Waals surface area contributed by atoms with Crippen LogP contribution in [0.2, 0.25) is 0 Å². The van der Waals surface area contributed by atoms with Crippen LogP contribution in [0.1, 0.15) is 22.8 Å². The number of methoxy groups -OCH3 is 1. The number of hydrogen-bond acceptors (Lipinski definition) is 8. The van der Waals surface area contributed by atoms with Crippen LogP contribution in [-0.2, 0) is 0 Å². The van der Waals surface area contributed by atoms with Crippen LogP contribution in [0.15, 0.2) is 49.3 Å². The minimum Gasteiger partial charge on any atom is -0.495 e. The van der Waals surface area contributed by atoms with Crippen molar-refractivity contribution in [2.45, 2.75) is 6.92 Å². The maximum atomic E-state index is 11.8. The molecule has 3 rings (SSSR count). The number of rotatable bonds is 8. The van der Waals surface area contributed by atoms with Crippen molar-refractivity contribution in [3.63, 3.8) is 0 Å². The van der Waals surface area contributed by atoms with Crippen LogP contribution in [0, 0.1) is 10.1 Å². The van der Waals surface area contributed by atoms with Crippen LogP contribution in [-0.4, -0.2) is 34.8 Å². The fraction of sp³-hybridized carbons (Fsp3) is 0.136. The molecule has 0 aliphatic rings. The monoisotopic (exact) mass is 419 g/mol. The van der Waals surface area contributed by atoms with Crippen LogP contribution in [0.5, 0.6) is 5.75 Å². The molecule has 1 heterocycles. The van der Waals surface area contributed by atoms with Crippen molar-refractivity contribution in [2.75, 3.05) is 24.8 Å². The van der Waals surface area contributed by atoms with Crippen LogP contribution in [0.4, 0.5) is 22.9 Å². The maximum Gasteiger partial charge on any atom is 0.282 e. The molecule has 0 spiro atoms. The van der Waals surface area contributed by atoms with E-state index in [-0.39, 0.29) is 17.0 Å². The van der Waals surface area contributed by atoms with Gasteiger partial charge >= 0.3 is 0 Å². The van der Waals surface area contributed by atoms with Gasteiger partial charge in [-0.1, -0.05) is 18.7 Å². The Labute approximate surface area is 179 Å². The minimum atomic E-state index is -0.604. The highest BCUT2D eigenvalue weighted by Crippen LogP contribution is 2.35. The molecule has 9 heteroatoms. The first-order valence-corrected chi connectivity index (χ1v) is 9.29. The highest BCUT2D eigenvalue weighted by Gasteiger charge is 2.22. The zero-order valence-electron chi connectivity index (χ0n) is 17.3. The number of nitro benzene ring substituents is 1. The summed E-state index contributed by atoms with van der Waals surface area (Å²) < 4.78 is 5.32. The summed E-state index contributed by atoms with van der Waals surface area (Å²) in [5.41, 5.74) is 3.32. The predicted molar refractivity (Wildman–Crippen MR) is 120 cm³/mol. The molecule has 0 radical (unpaired) electrons. The number of aromatic nitrogens is 2. The number of nitrogens with one attached hydrogen (secondary N) is 2. The number of carbonyl (C=O) groups excluding carboxylic acids is 1. The molecule has 0 atom stereocenters. The Morgan fingerprint density at radius 1 is 1.19 bits per heavy atom. The van der Waals surface area contributed by atoms with Crippen molar-refractivity contribution in [3.8, 4) is 17.0 Å². The standard InChI is InChI=1S/C22H21N5O4/c1-5-14-8-15(6-7-17(14)23-3)18-11-22(25-12-24-18)26-19-10-20(27(29)30)16(13(2)28)9-21(19)31-4/h5-12,23H,1H2,2-4H3,(H,24,25,26). The normalized spacial score (nSPS) is 10.3. The van der Waals surface area contributed by atoms with Crippen LogP contribution >= 0.6 is 0 Å². The molecular weight excluding hydrogens is 398 g/mol. The Kier molecular flexibility index (Phi) is 6.25. The van der Waals surface area contributed by atoms with E-state index in [0.717, 1.165) is 16.8 Å². The van der Waals surface area contributed by atoms with E-state index < -0.39 is 10.7 Å². The number of nitro groups is 1. The Bertz CT molecular complexity index is 1180. The first kappa shape index (κ1) is 21.4. The van der Waals surface area contributed by atoms with Gasteiger partial charge in [0, 0.05) is 30.4 Å². The van der Waals surface area contributed by atoms with Crippen LogP contribution < -0.4 is 15.4 Å². The lowest BCUT2D eigenvalue weighted by atomic mass is 10.1. The Morgan fingerprint density at radius 3 is 2.58 bits per heavy atom. The van der Waals surface area contributed by atoms with Gasteiger partial charge in [-0.25, -0.2) is 9.97 Å². The summed E-state index contributed by atoms with van der Waals surface area (Å²) in [5, 5.41) is 17.5. The van der Waals surface area contributed by atoms with E-state index >= 15 is 0 Å². The number of nitrogens with zero attached hydrogens (tertiary/aromatic N) is 3. The molecule has 0 aliphatic heterocycles.